The van der Waals surface area contributed by atoms with Crippen LogP contribution in [0.2, 0.25) is 0 Å². The first-order chi connectivity index (χ1) is 13.1. The number of hydrogen-bond acceptors (Lipinski definition) is 3. The zero-order chi connectivity index (χ0) is 18.8. The number of carbonyl (C=O) groups excluding carboxylic acids is 1. The highest BCUT2D eigenvalue weighted by atomic mass is 16.2. The van der Waals surface area contributed by atoms with E-state index in [9.17, 15) is 9.59 Å². The molecule has 1 aliphatic heterocycles. The lowest BCUT2D eigenvalue weighted by molar-refractivity contribution is -0.136. The van der Waals surface area contributed by atoms with Crippen LogP contribution in [0.3, 0.4) is 0 Å². The van der Waals surface area contributed by atoms with Crippen LogP contribution < -0.4 is 5.56 Å². The fraction of sp³-hybridized carbons (Fsp3) is 0.500. The lowest BCUT2D eigenvalue weighted by atomic mass is 10.0. The van der Waals surface area contributed by atoms with E-state index in [1.165, 1.54) is 0 Å². The number of carbonyl (C=O) groups is 1. The number of rotatable bonds is 4. The van der Waals surface area contributed by atoms with Crippen molar-refractivity contribution in [1.29, 1.82) is 0 Å². The number of benzene rings is 1. The van der Waals surface area contributed by atoms with Crippen LogP contribution >= 0.6 is 0 Å². The van der Waals surface area contributed by atoms with Gasteiger partial charge < -0.3 is 9.88 Å². The van der Waals surface area contributed by atoms with Crippen molar-refractivity contribution in [3.05, 3.63) is 63.3 Å². The average molecular weight is 365 g/mol. The number of amides is 1. The third-order valence-electron chi connectivity index (χ3n) is 6.02. The summed E-state index contributed by atoms with van der Waals surface area (Å²) in [6.07, 6.45) is 6.72. The lowest BCUT2D eigenvalue weighted by Gasteiger charge is -2.27. The minimum atomic E-state index is -0.0877. The van der Waals surface area contributed by atoms with E-state index in [1.807, 2.05) is 42.2 Å². The smallest absolute Gasteiger partial charge is 0.254 e. The molecule has 2 heterocycles. The van der Waals surface area contributed by atoms with Gasteiger partial charge in [-0.2, -0.15) is 0 Å². The Labute approximate surface area is 159 Å². The van der Waals surface area contributed by atoms with Crippen molar-refractivity contribution in [2.75, 3.05) is 6.54 Å². The summed E-state index contributed by atoms with van der Waals surface area (Å²) in [6, 6.07) is 9.88. The van der Waals surface area contributed by atoms with Gasteiger partial charge in [0, 0.05) is 30.1 Å². The van der Waals surface area contributed by atoms with Crippen LogP contribution in [0.4, 0.5) is 0 Å². The summed E-state index contributed by atoms with van der Waals surface area (Å²) in [4.78, 5) is 35.3. The molecule has 142 valence electrons. The molecule has 0 spiro atoms. The topological polar surface area (TPSA) is 66.1 Å². The van der Waals surface area contributed by atoms with Gasteiger partial charge in [0.25, 0.3) is 5.56 Å². The minimum Gasteiger partial charge on any atom is -0.332 e. The first kappa shape index (κ1) is 18.0. The normalized spacial score (nSPS) is 20.3. The molecule has 2 fully saturated rings. The standard InChI is InChI=1S/C22H27N3O2/c1-15-18(14-16-8-3-2-4-9-16)21(26)24-20(23-15)19-12-7-13-25(19)22(27)17-10-5-6-11-17/h2-4,8-9,17,19H,5-7,10-14H2,1H3,(H,23,24,26)/t19-/m0/s1. The van der Waals surface area contributed by atoms with Crippen LogP contribution in [0.5, 0.6) is 0 Å². The monoisotopic (exact) mass is 365 g/mol. The predicted octanol–water partition coefficient (Wildman–Crippen LogP) is 3.52. The Morgan fingerprint density at radius 2 is 1.89 bits per heavy atom. The maximum atomic E-state index is 12.9. The number of aryl methyl sites for hydroxylation is 1. The van der Waals surface area contributed by atoms with E-state index in [2.05, 4.69) is 4.98 Å². The van der Waals surface area contributed by atoms with Gasteiger partial charge in [-0.15, -0.1) is 0 Å². The highest BCUT2D eigenvalue weighted by Crippen LogP contribution is 2.35. The second kappa shape index (κ2) is 7.67. The molecule has 1 aromatic carbocycles. The molecule has 1 amide bonds. The van der Waals surface area contributed by atoms with Crippen molar-refractivity contribution in [2.24, 2.45) is 5.92 Å². The van der Waals surface area contributed by atoms with Crippen LogP contribution in [0.25, 0.3) is 0 Å². The fourth-order valence-electron chi connectivity index (χ4n) is 4.52. The molecule has 1 aromatic heterocycles. The Morgan fingerprint density at radius 1 is 1.15 bits per heavy atom. The van der Waals surface area contributed by atoms with Gasteiger partial charge in [0.05, 0.1) is 6.04 Å². The van der Waals surface area contributed by atoms with E-state index >= 15 is 0 Å². The van der Waals surface area contributed by atoms with E-state index in [0.29, 0.717) is 17.8 Å². The van der Waals surface area contributed by atoms with Gasteiger partial charge in [-0.1, -0.05) is 43.2 Å². The third kappa shape index (κ3) is 3.68. The van der Waals surface area contributed by atoms with Gasteiger partial charge in [0.2, 0.25) is 5.91 Å². The molecule has 1 N–H and O–H groups in total. The Bertz CT molecular complexity index is 869. The minimum absolute atomic E-state index is 0.0819. The molecule has 27 heavy (non-hydrogen) atoms. The van der Waals surface area contributed by atoms with E-state index in [0.717, 1.165) is 56.3 Å². The molecule has 1 aliphatic carbocycles. The van der Waals surface area contributed by atoms with Gasteiger partial charge in [-0.05, 0) is 38.2 Å². The predicted molar refractivity (Wildman–Crippen MR) is 104 cm³/mol. The largest absolute Gasteiger partial charge is 0.332 e. The number of aromatic amines is 1. The lowest BCUT2D eigenvalue weighted by Crippen LogP contribution is -2.36. The van der Waals surface area contributed by atoms with Crippen LogP contribution in [-0.4, -0.2) is 27.3 Å². The number of H-pyrrole nitrogens is 1. The summed E-state index contributed by atoms with van der Waals surface area (Å²) >= 11 is 0. The first-order valence-electron chi connectivity index (χ1n) is 10.1. The van der Waals surface area contributed by atoms with Crippen molar-refractivity contribution in [1.82, 2.24) is 14.9 Å². The Kier molecular flexibility index (Phi) is 5.10. The van der Waals surface area contributed by atoms with Gasteiger partial charge in [-0.3, -0.25) is 9.59 Å². The second-order valence-electron chi connectivity index (χ2n) is 7.85. The third-order valence-corrected chi connectivity index (χ3v) is 6.02. The molecule has 1 saturated heterocycles. The number of hydrogen-bond donors (Lipinski definition) is 1. The number of nitrogens with zero attached hydrogens (tertiary/aromatic N) is 2. The van der Waals surface area contributed by atoms with E-state index in [4.69, 9.17) is 4.98 Å². The van der Waals surface area contributed by atoms with E-state index < -0.39 is 0 Å². The van der Waals surface area contributed by atoms with Crippen LogP contribution in [-0.2, 0) is 11.2 Å². The Hall–Kier alpha value is -2.43. The summed E-state index contributed by atoms with van der Waals surface area (Å²) in [5, 5.41) is 0. The summed E-state index contributed by atoms with van der Waals surface area (Å²) in [6.45, 7) is 2.67. The molecular weight excluding hydrogens is 338 g/mol. The molecule has 1 atom stereocenters. The SMILES string of the molecule is Cc1nc([C@@H]2CCCN2C(=O)C2CCCC2)[nH]c(=O)c1Cc1ccccc1. The zero-order valence-corrected chi connectivity index (χ0v) is 15.9. The summed E-state index contributed by atoms with van der Waals surface area (Å²) < 4.78 is 0. The van der Waals surface area contributed by atoms with Crippen molar-refractivity contribution in [3.8, 4) is 0 Å². The number of nitrogens with one attached hydrogen (secondary N) is 1. The molecule has 5 heteroatoms. The van der Waals surface area contributed by atoms with E-state index in [-0.39, 0.29) is 23.4 Å². The molecule has 4 rings (SSSR count). The molecule has 2 aliphatic rings. The van der Waals surface area contributed by atoms with Crippen LogP contribution in [0.15, 0.2) is 35.1 Å². The van der Waals surface area contributed by atoms with E-state index in [1.54, 1.807) is 0 Å². The summed E-state index contributed by atoms with van der Waals surface area (Å²) in [7, 11) is 0. The average Bonchev–Trinajstić information content (AvgIpc) is 3.36. The van der Waals surface area contributed by atoms with Gasteiger partial charge >= 0.3 is 0 Å². The summed E-state index contributed by atoms with van der Waals surface area (Å²) in [5.41, 5.74) is 2.48. The van der Waals surface area contributed by atoms with Gasteiger partial charge in [-0.25, -0.2) is 4.98 Å². The van der Waals surface area contributed by atoms with Crippen LogP contribution in [0, 0.1) is 12.8 Å². The zero-order valence-electron chi connectivity index (χ0n) is 15.9. The maximum Gasteiger partial charge on any atom is 0.254 e. The Morgan fingerprint density at radius 3 is 2.59 bits per heavy atom. The van der Waals surface area contributed by atoms with Gasteiger partial charge in [0.15, 0.2) is 0 Å². The molecule has 5 nitrogen and oxygen atoms in total. The highest BCUT2D eigenvalue weighted by Gasteiger charge is 2.36. The first-order valence-corrected chi connectivity index (χ1v) is 10.1. The van der Waals surface area contributed by atoms with Crippen molar-refractivity contribution in [3.63, 3.8) is 0 Å². The molecule has 2 aromatic rings. The fourth-order valence-corrected chi connectivity index (χ4v) is 4.52. The molecule has 0 radical (unpaired) electrons. The number of likely N-dealkylation sites (tertiary alicyclic amines) is 1. The molecule has 0 bridgehead atoms. The van der Waals surface area contributed by atoms with Gasteiger partial charge in [0.1, 0.15) is 5.82 Å². The number of aromatic nitrogens is 2. The molecule has 1 saturated carbocycles. The quantitative estimate of drug-likeness (QED) is 0.901. The maximum absolute atomic E-state index is 12.9. The van der Waals surface area contributed by atoms with Crippen molar-refractivity contribution < 1.29 is 4.79 Å². The van der Waals surface area contributed by atoms with Crippen molar-refractivity contribution in [2.45, 2.75) is 57.9 Å². The Balaban J connectivity index is 1.58. The molecular formula is C22H27N3O2. The summed E-state index contributed by atoms with van der Waals surface area (Å²) in [5.74, 6) is 1.07. The highest BCUT2D eigenvalue weighted by molar-refractivity contribution is 5.79. The van der Waals surface area contributed by atoms with Crippen molar-refractivity contribution >= 4 is 5.91 Å². The second-order valence-corrected chi connectivity index (χ2v) is 7.85. The van der Waals surface area contributed by atoms with Crippen LogP contribution in [0.1, 0.15) is 67.2 Å². The molecule has 0 unspecified atom stereocenters.